The van der Waals surface area contributed by atoms with Crippen LogP contribution >= 0.6 is 0 Å². The van der Waals surface area contributed by atoms with Gasteiger partial charge in [-0.25, -0.2) is 17.4 Å². The first-order valence-corrected chi connectivity index (χ1v) is 9.41. The van der Waals surface area contributed by atoms with Crippen LogP contribution in [-0.4, -0.2) is 48.5 Å². The molecular weight excluding hydrogens is 356 g/mol. The van der Waals surface area contributed by atoms with Crippen molar-refractivity contribution in [1.82, 2.24) is 14.1 Å². The van der Waals surface area contributed by atoms with E-state index in [9.17, 15) is 13.2 Å². The lowest BCUT2D eigenvalue weighted by molar-refractivity contribution is 0.100. The van der Waals surface area contributed by atoms with Gasteiger partial charge in [0.05, 0.1) is 23.1 Å². The van der Waals surface area contributed by atoms with Crippen molar-refractivity contribution in [3.8, 4) is 5.69 Å². The number of sulfonamides is 1. The van der Waals surface area contributed by atoms with E-state index in [2.05, 4.69) is 10.1 Å². The standard InChI is InChI=1S/C16H20N6O3S/c1-21(2)26(24,25)13-6-4-3-5-12(13)22-14(10-7-8-10)11(9-19-22)15(23)20-16(17)18/h3-6,9-10H,7-8H2,1-2H3,(H4,17,18,20,23). The van der Waals surface area contributed by atoms with E-state index in [4.69, 9.17) is 11.5 Å². The topological polar surface area (TPSA) is 137 Å². The van der Waals surface area contributed by atoms with E-state index in [1.165, 1.54) is 31.0 Å². The molecule has 1 aliphatic rings. The Labute approximate surface area is 151 Å². The van der Waals surface area contributed by atoms with E-state index < -0.39 is 15.9 Å². The number of amides is 1. The van der Waals surface area contributed by atoms with E-state index in [-0.39, 0.29) is 22.3 Å². The molecule has 1 heterocycles. The first-order valence-electron chi connectivity index (χ1n) is 7.97. The zero-order chi connectivity index (χ0) is 19.1. The zero-order valence-corrected chi connectivity index (χ0v) is 15.3. The van der Waals surface area contributed by atoms with Crippen LogP contribution in [0.5, 0.6) is 0 Å². The number of nitrogens with zero attached hydrogens (tertiary/aromatic N) is 4. The number of hydrogen-bond donors (Lipinski definition) is 2. The second-order valence-corrected chi connectivity index (χ2v) is 8.35. The molecule has 1 fully saturated rings. The van der Waals surface area contributed by atoms with Crippen molar-refractivity contribution in [2.24, 2.45) is 16.5 Å². The molecule has 10 heteroatoms. The third-order valence-electron chi connectivity index (χ3n) is 4.08. The van der Waals surface area contributed by atoms with E-state index >= 15 is 0 Å². The number of para-hydroxylation sites is 1. The number of nitrogens with two attached hydrogens (primary N) is 2. The van der Waals surface area contributed by atoms with E-state index in [1.54, 1.807) is 18.2 Å². The molecule has 0 saturated heterocycles. The van der Waals surface area contributed by atoms with Crippen molar-refractivity contribution in [2.75, 3.05) is 14.1 Å². The number of aliphatic imine (C=N–C) groups is 1. The van der Waals surface area contributed by atoms with Gasteiger partial charge in [-0.2, -0.15) is 10.1 Å². The van der Waals surface area contributed by atoms with E-state index in [0.29, 0.717) is 11.4 Å². The highest BCUT2D eigenvalue weighted by Gasteiger charge is 2.34. The van der Waals surface area contributed by atoms with Gasteiger partial charge in [-0.1, -0.05) is 12.1 Å². The monoisotopic (exact) mass is 376 g/mol. The summed E-state index contributed by atoms with van der Waals surface area (Å²) >= 11 is 0. The van der Waals surface area contributed by atoms with Crippen molar-refractivity contribution in [2.45, 2.75) is 23.7 Å². The minimum Gasteiger partial charge on any atom is -0.370 e. The summed E-state index contributed by atoms with van der Waals surface area (Å²) in [4.78, 5) is 16.0. The van der Waals surface area contributed by atoms with Crippen LogP contribution in [0.3, 0.4) is 0 Å². The highest BCUT2D eigenvalue weighted by atomic mass is 32.2. The lowest BCUT2D eigenvalue weighted by Gasteiger charge is -2.16. The number of rotatable bonds is 5. The van der Waals surface area contributed by atoms with E-state index in [0.717, 1.165) is 17.1 Å². The maximum absolute atomic E-state index is 12.7. The summed E-state index contributed by atoms with van der Waals surface area (Å²) in [6.07, 6.45) is 3.15. The van der Waals surface area contributed by atoms with Gasteiger partial charge in [-0.15, -0.1) is 0 Å². The fourth-order valence-electron chi connectivity index (χ4n) is 2.69. The number of carbonyl (C=O) groups is 1. The fourth-order valence-corrected chi connectivity index (χ4v) is 3.75. The van der Waals surface area contributed by atoms with Crippen LogP contribution in [0.15, 0.2) is 40.4 Å². The summed E-state index contributed by atoms with van der Waals surface area (Å²) in [6.45, 7) is 0. The molecule has 9 nitrogen and oxygen atoms in total. The fraction of sp³-hybridized carbons (Fsp3) is 0.312. The second-order valence-electron chi connectivity index (χ2n) is 6.23. The number of hydrogen-bond acceptors (Lipinski definition) is 4. The Morgan fingerprint density at radius 1 is 1.27 bits per heavy atom. The minimum atomic E-state index is -3.69. The Hall–Kier alpha value is -2.72. The Bertz CT molecular complexity index is 985. The van der Waals surface area contributed by atoms with Crippen LogP contribution in [0.2, 0.25) is 0 Å². The highest BCUT2D eigenvalue weighted by molar-refractivity contribution is 7.89. The first kappa shape index (κ1) is 18.1. The molecule has 0 bridgehead atoms. The lowest BCUT2D eigenvalue weighted by Crippen LogP contribution is -2.24. The Balaban J connectivity index is 2.20. The van der Waals surface area contributed by atoms with Crippen molar-refractivity contribution >= 4 is 21.9 Å². The zero-order valence-electron chi connectivity index (χ0n) is 14.5. The Kier molecular flexibility index (Phi) is 4.55. The van der Waals surface area contributed by atoms with Gasteiger partial charge in [0.1, 0.15) is 4.90 Å². The third-order valence-corrected chi connectivity index (χ3v) is 5.95. The van der Waals surface area contributed by atoms with Crippen LogP contribution in [0.1, 0.15) is 34.8 Å². The molecule has 138 valence electrons. The third kappa shape index (κ3) is 3.20. The molecule has 0 atom stereocenters. The summed E-state index contributed by atoms with van der Waals surface area (Å²) in [5.41, 5.74) is 11.9. The molecule has 2 aromatic rings. The average molecular weight is 376 g/mol. The van der Waals surface area contributed by atoms with Gasteiger partial charge in [0.15, 0.2) is 5.96 Å². The van der Waals surface area contributed by atoms with Crippen molar-refractivity contribution in [1.29, 1.82) is 0 Å². The molecule has 0 aliphatic heterocycles. The van der Waals surface area contributed by atoms with Gasteiger partial charge in [-0.3, -0.25) is 4.79 Å². The minimum absolute atomic E-state index is 0.107. The second kappa shape index (κ2) is 6.54. The highest BCUT2D eigenvalue weighted by Crippen LogP contribution is 2.43. The summed E-state index contributed by atoms with van der Waals surface area (Å²) < 4.78 is 28.0. The van der Waals surface area contributed by atoms with Gasteiger partial charge in [0, 0.05) is 20.0 Å². The smallest absolute Gasteiger partial charge is 0.283 e. The van der Waals surface area contributed by atoms with Crippen LogP contribution in [-0.2, 0) is 10.0 Å². The molecule has 26 heavy (non-hydrogen) atoms. The number of aromatic nitrogens is 2. The van der Waals surface area contributed by atoms with Gasteiger partial charge < -0.3 is 11.5 Å². The number of guanidine groups is 1. The SMILES string of the molecule is CN(C)S(=O)(=O)c1ccccc1-n1ncc(C(=O)N=C(N)N)c1C1CC1. The van der Waals surface area contributed by atoms with Crippen molar-refractivity contribution in [3.05, 3.63) is 41.7 Å². The molecule has 3 rings (SSSR count). The van der Waals surface area contributed by atoms with Crippen LogP contribution < -0.4 is 11.5 Å². The summed E-state index contributed by atoms with van der Waals surface area (Å²) in [6, 6.07) is 6.54. The predicted octanol–water partition coefficient (Wildman–Crippen LogP) is 0.414. The maximum atomic E-state index is 12.7. The first-order chi connectivity index (χ1) is 12.2. The number of benzene rings is 1. The molecule has 1 aromatic heterocycles. The van der Waals surface area contributed by atoms with Gasteiger partial charge in [0.2, 0.25) is 10.0 Å². The molecular formula is C16H20N6O3S. The molecule has 4 N–H and O–H groups in total. The Morgan fingerprint density at radius 3 is 2.50 bits per heavy atom. The molecule has 1 aromatic carbocycles. The van der Waals surface area contributed by atoms with Gasteiger partial charge in [0.25, 0.3) is 5.91 Å². The van der Waals surface area contributed by atoms with Crippen molar-refractivity contribution in [3.63, 3.8) is 0 Å². The van der Waals surface area contributed by atoms with E-state index in [1.807, 2.05) is 0 Å². The molecule has 1 saturated carbocycles. The lowest BCUT2D eigenvalue weighted by atomic mass is 10.1. The average Bonchev–Trinajstić information content (AvgIpc) is 3.32. The summed E-state index contributed by atoms with van der Waals surface area (Å²) in [5.74, 6) is -0.813. The van der Waals surface area contributed by atoms with Crippen LogP contribution in [0.4, 0.5) is 0 Å². The largest absolute Gasteiger partial charge is 0.370 e. The number of carbonyl (C=O) groups excluding carboxylic acids is 1. The molecule has 0 spiro atoms. The van der Waals surface area contributed by atoms with Crippen LogP contribution in [0, 0.1) is 0 Å². The van der Waals surface area contributed by atoms with Crippen LogP contribution in [0.25, 0.3) is 5.69 Å². The normalized spacial score (nSPS) is 14.4. The maximum Gasteiger partial charge on any atom is 0.283 e. The van der Waals surface area contributed by atoms with Gasteiger partial charge >= 0.3 is 0 Å². The quantitative estimate of drug-likeness (QED) is 0.573. The molecule has 0 radical (unpaired) electrons. The van der Waals surface area contributed by atoms with Crippen molar-refractivity contribution < 1.29 is 13.2 Å². The molecule has 0 unspecified atom stereocenters. The van der Waals surface area contributed by atoms with Gasteiger partial charge in [-0.05, 0) is 25.0 Å². The Morgan fingerprint density at radius 2 is 1.92 bits per heavy atom. The predicted molar refractivity (Wildman–Crippen MR) is 96.6 cm³/mol. The molecule has 1 amide bonds. The summed E-state index contributed by atoms with van der Waals surface area (Å²) in [7, 11) is -0.762. The molecule has 1 aliphatic carbocycles. The summed E-state index contributed by atoms with van der Waals surface area (Å²) in [5, 5.41) is 4.27.